The van der Waals surface area contributed by atoms with Gasteiger partial charge in [-0.05, 0) is 117 Å². The number of hydrogen-bond acceptors (Lipinski definition) is 6. The van der Waals surface area contributed by atoms with Gasteiger partial charge in [0.15, 0.2) is 0 Å². The minimum absolute atomic E-state index is 0.549. The fraction of sp³-hybridized carbons (Fsp3) is 0.462. The first kappa shape index (κ1) is 41.6. The Morgan fingerprint density at radius 1 is 0.431 bits per heavy atom. The number of nitrogen functional groups attached to an aromatic ring is 2. The van der Waals surface area contributed by atoms with Crippen molar-refractivity contribution in [2.75, 3.05) is 47.4 Å². The molecule has 7 rings (SSSR count). The third kappa shape index (κ3) is 8.33. The van der Waals surface area contributed by atoms with Gasteiger partial charge < -0.3 is 31.5 Å². The number of nitrogens with zero attached hydrogens (tertiary/aromatic N) is 2. The van der Waals surface area contributed by atoms with Crippen LogP contribution >= 0.6 is 0 Å². The minimum atomic E-state index is -1.19. The molecular weight excluding hydrogens is 713 g/mol. The number of benzene rings is 6. The minimum Gasteiger partial charge on any atom is -0.851 e. The van der Waals surface area contributed by atoms with Crippen molar-refractivity contribution in [2.45, 2.75) is 129 Å². The van der Waals surface area contributed by atoms with Gasteiger partial charge in [-0.2, -0.15) is 0 Å². The van der Waals surface area contributed by atoms with Gasteiger partial charge in [0.05, 0.1) is 0 Å². The Morgan fingerprint density at radius 2 is 0.724 bits per heavy atom. The van der Waals surface area contributed by atoms with Gasteiger partial charge in [0, 0.05) is 59.7 Å². The lowest BCUT2D eigenvalue weighted by Crippen LogP contribution is -2.64. The second-order valence-corrected chi connectivity index (χ2v) is 17.1. The molecule has 0 bridgehead atoms. The van der Waals surface area contributed by atoms with E-state index in [4.69, 9.17) is 11.5 Å². The maximum Gasteiger partial charge on any atom is 0.0466 e. The van der Waals surface area contributed by atoms with Gasteiger partial charge in [0.2, 0.25) is 0 Å². The normalized spacial score (nSPS) is 18.0. The van der Waals surface area contributed by atoms with Crippen LogP contribution in [0.4, 0.5) is 22.7 Å². The molecule has 6 aromatic carbocycles. The third-order valence-electron chi connectivity index (χ3n) is 13.0. The first-order valence-electron chi connectivity index (χ1n) is 22.6. The van der Waals surface area contributed by atoms with Gasteiger partial charge in [-0.1, -0.05) is 128 Å². The van der Waals surface area contributed by atoms with Crippen LogP contribution in [0.1, 0.15) is 128 Å². The van der Waals surface area contributed by atoms with E-state index < -0.39 is 24.0 Å². The summed E-state index contributed by atoms with van der Waals surface area (Å²) in [5.74, 6) is -1.57. The van der Waals surface area contributed by atoms with E-state index in [2.05, 4.69) is 110 Å². The van der Waals surface area contributed by atoms with Crippen molar-refractivity contribution in [1.29, 1.82) is 0 Å². The van der Waals surface area contributed by atoms with Crippen molar-refractivity contribution < 1.29 is 10.2 Å². The zero-order valence-electron chi connectivity index (χ0n) is 35.6. The molecule has 0 spiro atoms. The number of anilines is 4. The molecule has 6 nitrogen and oxygen atoms in total. The Labute approximate surface area is 347 Å². The molecule has 0 heterocycles. The van der Waals surface area contributed by atoms with Crippen LogP contribution in [0.2, 0.25) is 0 Å². The number of hydrogen-bond donors (Lipinski definition) is 2. The molecule has 308 valence electrons. The fourth-order valence-corrected chi connectivity index (χ4v) is 9.78. The number of unbranched alkanes of at least 4 members (excludes halogenated alkanes) is 8. The summed E-state index contributed by atoms with van der Waals surface area (Å²) in [6, 6.07) is 29.8. The predicted molar refractivity (Wildman–Crippen MR) is 247 cm³/mol. The first-order chi connectivity index (χ1) is 28.3. The quantitative estimate of drug-likeness (QED) is 0.0454. The van der Waals surface area contributed by atoms with E-state index in [0.29, 0.717) is 22.5 Å². The van der Waals surface area contributed by atoms with Crippen molar-refractivity contribution in [3.05, 3.63) is 96.1 Å². The van der Waals surface area contributed by atoms with Crippen LogP contribution < -0.4 is 31.5 Å². The molecule has 0 radical (unpaired) electrons. The number of fused-ring (bicyclic) bond motifs is 4. The molecule has 0 saturated heterocycles. The molecular formula is C52H66N4O2-2. The standard InChI is InChI=1S/C52H66N4O2/c1-5-9-17-25-55(26-18-10-6-2)45-33-43(53)47(41-31-37-23-15-13-21-35(37)29-39(41)45)49-51(57)50(52(49)58)48-42-32-38-24-16-14-22-36(38)30-40(42)46(34-44(48)54)56(27-19-11-7-3)28-20-12-8-4/h13-16,21-24,29-34,49-52H,5-12,17-20,25-28,53-54H2,1-4H3/q-2. The van der Waals surface area contributed by atoms with E-state index in [1.165, 1.54) is 25.7 Å². The zero-order valence-corrected chi connectivity index (χ0v) is 35.6. The molecule has 4 N–H and O–H groups in total. The van der Waals surface area contributed by atoms with Gasteiger partial charge in [-0.15, -0.1) is 12.2 Å². The van der Waals surface area contributed by atoms with Crippen molar-refractivity contribution in [3.63, 3.8) is 0 Å². The largest absolute Gasteiger partial charge is 0.851 e. The van der Waals surface area contributed by atoms with Crippen LogP contribution in [-0.4, -0.2) is 38.4 Å². The summed E-state index contributed by atoms with van der Waals surface area (Å²) in [5.41, 5.74) is 18.9. The maximum atomic E-state index is 15.0. The first-order valence-corrected chi connectivity index (χ1v) is 22.6. The van der Waals surface area contributed by atoms with Crippen molar-refractivity contribution in [2.24, 2.45) is 0 Å². The summed E-state index contributed by atoms with van der Waals surface area (Å²) in [7, 11) is 0. The van der Waals surface area contributed by atoms with Gasteiger partial charge in [-0.3, -0.25) is 0 Å². The molecule has 6 aromatic rings. The summed E-state index contributed by atoms with van der Waals surface area (Å²) in [4.78, 5) is 5.00. The molecule has 0 aliphatic heterocycles. The Morgan fingerprint density at radius 3 is 1.02 bits per heavy atom. The van der Waals surface area contributed by atoms with Crippen LogP contribution in [0.15, 0.2) is 84.9 Å². The van der Waals surface area contributed by atoms with Crippen LogP contribution in [-0.2, 0) is 0 Å². The average molecular weight is 779 g/mol. The molecule has 1 aliphatic rings. The molecule has 58 heavy (non-hydrogen) atoms. The zero-order chi connectivity index (χ0) is 40.8. The molecule has 0 unspecified atom stereocenters. The molecule has 1 aliphatic carbocycles. The van der Waals surface area contributed by atoms with E-state index in [1.54, 1.807) is 0 Å². The lowest BCUT2D eigenvalue weighted by atomic mass is 9.61. The molecule has 6 heteroatoms. The molecule has 1 fully saturated rings. The highest BCUT2D eigenvalue weighted by molar-refractivity contribution is 6.09. The summed E-state index contributed by atoms with van der Waals surface area (Å²) in [5, 5.41) is 38.4. The Hall–Kier alpha value is -4.52. The summed E-state index contributed by atoms with van der Waals surface area (Å²) in [6.45, 7) is 12.8. The topological polar surface area (TPSA) is 105 Å². The highest BCUT2D eigenvalue weighted by atomic mass is 16.3. The van der Waals surface area contributed by atoms with Crippen LogP contribution in [0.3, 0.4) is 0 Å². The SMILES string of the molecule is CCCCCN(CCCCC)c1cc(N)c(C2C([O-])C(c3c(N)cc(N(CCCCC)CCCCC)c4cc5ccccc5cc34)C2[O-])c2cc3ccccc3cc12. The predicted octanol–water partition coefficient (Wildman–Crippen LogP) is 11.2. The van der Waals surface area contributed by atoms with Gasteiger partial charge >= 0.3 is 0 Å². The summed E-state index contributed by atoms with van der Waals surface area (Å²) in [6.07, 6.45) is 11.3. The van der Waals surface area contributed by atoms with Crippen LogP contribution in [0, 0.1) is 0 Å². The lowest BCUT2D eigenvalue weighted by Gasteiger charge is -2.62. The van der Waals surface area contributed by atoms with Crippen molar-refractivity contribution >= 4 is 65.8 Å². The van der Waals surface area contributed by atoms with Gasteiger partial charge in [-0.25, -0.2) is 0 Å². The summed E-state index contributed by atoms with van der Waals surface area (Å²) < 4.78 is 0. The number of nitrogens with two attached hydrogens (primary N) is 2. The molecule has 0 amide bonds. The van der Waals surface area contributed by atoms with E-state index in [9.17, 15) is 10.2 Å². The number of rotatable bonds is 20. The third-order valence-corrected chi connectivity index (χ3v) is 13.0. The van der Waals surface area contributed by atoms with Crippen LogP contribution in [0.25, 0.3) is 43.1 Å². The van der Waals surface area contributed by atoms with Gasteiger partial charge in [0.25, 0.3) is 0 Å². The van der Waals surface area contributed by atoms with Crippen molar-refractivity contribution in [1.82, 2.24) is 0 Å². The van der Waals surface area contributed by atoms with Gasteiger partial charge in [0.1, 0.15) is 0 Å². The monoisotopic (exact) mass is 779 g/mol. The molecule has 0 aromatic heterocycles. The smallest absolute Gasteiger partial charge is 0.0466 e. The van der Waals surface area contributed by atoms with Crippen molar-refractivity contribution in [3.8, 4) is 0 Å². The second-order valence-electron chi connectivity index (χ2n) is 17.1. The van der Waals surface area contributed by atoms with E-state index in [1.807, 2.05) is 12.1 Å². The highest BCUT2D eigenvalue weighted by Crippen LogP contribution is 2.54. The Kier molecular flexibility index (Phi) is 13.7. The highest BCUT2D eigenvalue weighted by Gasteiger charge is 2.42. The fourth-order valence-electron chi connectivity index (χ4n) is 9.78. The maximum absolute atomic E-state index is 15.0. The van der Waals surface area contributed by atoms with E-state index in [-0.39, 0.29) is 0 Å². The van der Waals surface area contributed by atoms with E-state index in [0.717, 1.165) is 132 Å². The Balaban J connectivity index is 1.34. The molecule has 0 atom stereocenters. The van der Waals surface area contributed by atoms with Crippen LogP contribution in [0.5, 0.6) is 0 Å². The summed E-state index contributed by atoms with van der Waals surface area (Å²) >= 11 is 0. The molecule has 1 saturated carbocycles. The van der Waals surface area contributed by atoms with E-state index >= 15 is 0 Å². The Bertz CT molecular complexity index is 2130. The lowest BCUT2D eigenvalue weighted by molar-refractivity contribution is -0.535. The average Bonchev–Trinajstić information content (AvgIpc) is 3.23. The second kappa shape index (κ2) is 19.0.